The molecule has 25 heavy (non-hydrogen) atoms. The van der Waals surface area contributed by atoms with E-state index in [1.807, 2.05) is 29.1 Å². The summed E-state index contributed by atoms with van der Waals surface area (Å²) in [4.78, 5) is 16.2. The molecule has 1 aliphatic rings. The van der Waals surface area contributed by atoms with Crippen molar-refractivity contribution in [2.75, 3.05) is 31.1 Å². The molecule has 0 atom stereocenters. The summed E-state index contributed by atoms with van der Waals surface area (Å²) in [5.74, 6) is -0.391. The van der Waals surface area contributed by atoms with Crippen molar-refractivity contribution in [2.45, 2.75) is 12.8 Å². The molecular weight excluding hydrogens is 321 g/mol. The number of benzene rings is 1. The van der Waals surface area contributed by atoms with Gasteiger partial charge in [0.15, 0.2) is 0 Å². The van der Waals surface area contributed by atoms with Crippen molar-refractivity contribution < 1.29 is 9.18 Å². The minimum atomic E-state index is -0.505. The zero-order chi connectivity index (χ0) is 17.8. The maximum atomic E-state index is 13.8. The van der Waals surface area contributed by atoms with Gasteiger partial charge in [-0.2, -0.15) is 10.4 Å². The van der Waals surface area contributed by atoms with Crippen LogP contribution in [-0.2, 0) is 18.3 Å². The van der Waals surface area contributed by atoms with Gasteiger partial charge in [-0.15, -0.1) is 0 Å². The van der Waals surface area contributed by atoms with E-state index >= 15 is 0 Å². The molecule has 1 aliphatic heterocycles. The summed E-state index contributed by atoms with van der Waals surface area (Å²) in [5.41, 5.74) is 1.72. The highest BCUT2D eigenvalue weighted by Gasteiger charge is 2.23. The van der Waals surface area contributed by atoms with Gasteiger partial charge in [-0.3, -0.25) is 9.48 Å². The van der Waals surface area contributed by atoms with Gasteiger partial charge in [-0.25, -0.2) is 4.39 Å². The fraction of sp³-hybridized carbons (Fsp3) is 0.389. The Morgan fingerprint density at radius 2 is 2.08 bits per heavy atom. The Morgan fingerprint density at radius 3 is 2.72 bits per heavy atom. The van der Waals surface area contributed by atoms with Crippen LogP contribution in [-0.4, -0.2) is 46.8 Å². The number of carbonyl (C=O) groups excluding carboxylic acids is 1. The molecule has 1 amide bonds. The normalized spacial score (nSPS) is 14.4. The van der Waals surface area contributed by atoms with Gasteiger partial charge in [0.05, 0.1) is 11.9 Å². The van der Waals surface area contributed by atoms with Gasteiger partial charge in [0.2, 0.25) is 5.91 Å². The number of rotatable bonds is 4. The lowest BCUT2D eigenvalue weighted by Crippen LogP contribution is -2.49. The van der Waals surface area contributed by atoms with Crippen LogP contribution in [0.15, 0.2) is 30.6 Å². The first kappa shape index (κ1) is 17.0. The molecule has 1 fully saturated rings. The van der Waals surface area contributed by atoms with Crippen molar-refractivity contribution in [3.63, 3.8) is 0 Å². The first-order chi connectivity index (χ1) is 12.1. The van der Waals surface area contributed by atoms with E-state index in [1.165, 1.54) is 6.07 Å². The number of hydrogen-bond acceptors (Lipinski definition) is 4. The highest BCUT2D eigenvalue weighted by Crippen LogP contribution is 2.23. The van der Waals surface area contributed by atoms with Gasteiger partial charge < -0.3 is 9.80 Å². The fourth-order valence-corrected chi connectivity index (χ4v) is 3.09. The van der Waals surface area contributed by atoms with E-state index < -0.39 is 5.82 Å². The molecule has 0 N–H and O–H groups in total. The van der Waals surface area contributed by atoms with Crippen LogP contribution in [0.3, 0.4) is 0 Å². The van der Waals surface area contributed by atoms with E-state index in [1.54, 1.807) is 23.0 Å². The lowest BCUT2D eigenvalue weighted by Gasteiger charge is -2.36. The number of aromatic nitrogens is 2. The molecule has 2 heterocycles. The number of hydrogen-bond donors (Lipinski definition) is 0. The summed E-state index contributed by atoms with van der Waals surface area (Å²) >= 11 is 0. The van der Waals surface area contributed by atoms with E-state index in [0.29, 0.717) is 44.7 Å². The van der Waals surface area contributed by atoms with Gasteiger partial charge in [-0.05, 0) is 24.1 Å². The van der Waals surface area contributed by atoms with E-state index in [0.717, 1.165) is 5.56 Å². The molecule has 6 nitrogen and oxygen atoms in total. The van der Waals surface area contributed by atoms with Crippen LogP contribution in [0.2, 0.25) is 0 Å². The molecule has 0 unspecified atom stereocenters. The second-order valence-electron chi connectivity index (χ2n) is 6.14. The van der Waals surface area contributed by atoms with E-state index in [9.17, 15) is 9.18 Å². The summed E-state index contributed by atoms with van der Waals surface area (Å²) in [6.45, 7) is 2.34. The summed E-state index contributed by atoms with van der Waals surface area (Å²) in [6.07, 6.45) is 4.82. The SMILES string of the molecule is Cn1cc(CCC(=O)N2CCN(c3cccc(F)c3C#N)CC2)cn1. The van der Waals surface area contributed by atoms with Crippen LogP contribution in [0.5, 0.6) is 0 Å². The minimum Gasteiger partial charge on any atom is -0.367 e. The zero-order valence-corrected chi connectivity index (χ0v) is 14.2. The van der Waals surface area contributed by atoms with Crippen LogP contribution < -0.4 is 4.90 Å². The van der Waals surface area contributed by atoms with Gasteiger partial charge in [0.1, 0.15) is 17.4 Å². The number of amides is 1. The highest BCUT2D eigenvalue weighted by molar-refractivity contribution is 5.77. The molecule has 0 spiro atoms. The minimum absolute atomic E-state index is 0.0684. The molecule has 3 rings (SSSR count). The highest BCUT2D eigenvalue weighted by atomic mass is 19.1. The molecule has 7 heteroatoms. The van der Waals surface area contributed by atoms with Gasteiger partial charge >= 0.3 is 0 Å². The molecule has 130 valence electrons. The number of nitrogens with zero attached hydrogens (tertiary/aromatic N) is 5. The summed E-state index contributed by atoms with van der Waals surface area (Å²) < 4.78 is 15.5. The lowest BCUT2D eigenvalue weighted by molar-refractivity contribution is -0.131. The van der Waals surface area contributed by atoms with Crippen LogP contribution in [0.1, 0.15) is 17.5 Å². The molecule has 1 saturated heterocycles. The number of nitriles is 1. The van der Waals surface area contributed by atoms with Gasteiger partial charge in [-0.1, -0.05) is 6.07 Å². The maximum Gasteiger partial charge on any atom is 0.223 e. The Morgan fingerprint density at radius 1 is 1.32 bits per heavy atom. The first-order valence-electron chi connectivity index (χ1n) is 8.27. The molecule has 2 aromatic rings. The Bertz CT molecular complexity index is 802. The Balaban J connectivity index is 1.56. The third kappa shape index (κ3) is 3.79. The molecule has 0 aliphatic carbocycles. The fourth-order valence-electron chi connectivity index (χ4n) is 3.09. The van der Waals surface area contributed by atoms with Gasteiger partial charge in [0.25, 0.3) is 0 Å². The molecule has 0 bridgehead atoms. The summed E-state index contributed by atoms with van der Waals surface area (Å²) in [5, 5.41) is 13.3. The van der Waals surface area contributed by atoms with Crippen molar-refractivity contribution >= 4 is 11.6 Å². The second-order valence-corrected chi connectivity index (χ2v) is 6.14. The van der Waals surface area contributed by atoms with Crippen LogP contribution in [0.25, 0.3) is 0 Å². The lowest BCUT2D eigenvalue weighted by atomic mass is 10.1. The average molecular weight is 341 g/mol. The monoisotopic (exact) mass is 341 g/mol. The first-order valence-corrected chi connectivity index (χ1v) is 8.27. The quantitative estimate of drug-likeness (QED) is 0.849. The number of halogens is 1. The zero-order valence-electron chi connectivity index (χ0n) is 14.2. The Labute approximate surface area is 146 Å². The third-order valence-electron chi connectivity index (χ3n) is 4.46. The number of piperazine rings is 1. The summed E-state index contributed by atoms with van der Waals surface area (Å²) in [7, 11) is 1.85. The molecule has 0 radical (unpaired) electrons. The second kappa shape index (κ2) is 7.34. The Kier molecular flexibility index (Phi) is 4.98. The van der Waals surface area contributed by atoms with Crippen LogP contribution in [0.4, 0.5) is 10.1 Å². The third-order valence-corrected chi connectivity index (χ3v) is 4.46. The van der Waals surface area contributed by atoms with Crippen molar-refractivity contribution in [1.82, 2.24) is 14.7 Å². The number of carbonyl (C=O) groups is 1. The van der Waals surface area contributed by atoms with Gasteiger partial charge in [0, 0.05) is 45.8 Å². The molecular formula is C18H20FN5O. The molecule has 0 saturated carbocycles. The predicted molar refractivity (Wildman–Crippen MR) is 91.4 cm³/mol. The average Bonchev–Trinajstić information content (AvgIpc) is 3.05. The maximum absolute atomic E-state index is 13.8. The number of aryl methyl sites for hydroxylation is 2. The molecule has 1 aromatic heterocycles. The van der Waals surface area contributed by atoms with E-state index in [-0.39, 0.29) is 11.5 Å². The largest absolute Gasteiger partial charge is 0.367 e. The predicted octanol–water partition coefficient (Wildman–Crippen LogP) is 1.71. The Hall–Kier alpha value is -2.88. The van der Waals surface area contributed by atoms with Crippen LogP contribution in [0, 0.1) is 17.1 Å². The van der Waals surface area contributed by atoms with E-state index in [4.69, 9.17) is 5.26 Å². The van der Waals surface area contributed by atoms with Crippen molar-refractivity contribution in [3.8, 4) is 6.07 Å². The van der Waals surface area contributed by atoms with Crippen LogP contribution >= 0.6 is 0 Å². The summed E-state index contributed by atoms with van der Waals surface area (Å²) in [6, 6.07) is 6.58. The standard InChI is InChI=1S/C18H20FN5O/c1-22-13-14(12-21-22)5-6-18(25)24-9-7-23(8-10-24)17-4-2-3-16(19)15(17)11-20/h2-4,12-13H,5-10H2,1H3. The topological polar surface area (TPSA) is 65.2 Å². The number of anilines is 1. The van der Waals surface area contributed by atoms with E-state index in [2.05, 4.69) is 5.10 Å². The smallest absolute Gasteiger partial charge is 0.223 e. The van der Waals surface area contributed by atoms with Crippen molar-refractivity contribution in [3.05, 3.63) is 47.5 Å². The van der Waals surface area contributed by atoms with Crippen molar-refractivity contribution in [2.24, 2.45) is 7.05 Å². The van der Waals surface area contributed by atoms with Crippen molar-refractivity contribution in [1.29, 1.82) is 5.26 Å². The molecule has 1 aromatic carbocycles.